The third kappa shape index (κ3) is 3.48. The summed E-state index contributed by atoms with van der Waals surface area (Å²) < 4.78 is 26.2. The Morgan fingerprint density at radius 2 is 2.00 bits per heavy atom. The number of likely N-dealkylation sites (N-methyl/N-ethyl adjacent to an activating group) is 1. The zero-order chi connectivity index (χ0) is 19.8. The van der Waals surface area contributed by atoms with Crippen molar-refractivity contribution in [3.05, 3.63) is 34.4 Å². The van der Waals surface area contributed by atoms with E-state index in [1.54, 1.807) is 44.7 Å². The minimum absolute atomic E-state index is 0.0157. The second-order valence-corrected chi connectivity index (χ2v) is 9.64. The van der Waals surface area contributed by atoms with Crippen LogP contribution in [0.1, 0.15) is 48.2 Å². The summed E-state index contributed by atoms with van der Waals surface area (Å²) >= 11 is 1.59. The summed E-state index contributed by atoms with van der Waals surface area (Å²) in [5.74, 6) is 0.244. The molecule has 0 aliphatic carbocycles. The lowest BCUT2D eigenvalue weighted by atomic mass is 9.96. The Balaban J connectivity index is 2.29. The maximum Gasteiger partial charge on any atom is 0.276 e. The van der Waals surface area contributed by atoms with Crippen molar-refractivity contribution in [3.8, 4) is 0 Å². The van der Waals surface area contributed by atoms with E-state index in [1.165, 1.54) is 11.2 Å². The largest absolute Gasteiger partial charge is 0.294 e. The lowest BCUT2D eigenvalue weighted by Crippen LogP contribution is -2.24. The Bertz CT molecular complexity index is 978. The molecule has 3 rings (SSSR count). The van der Waals surface area contributed by atoms with Gasteiger partial charge in [0.25, 0.3) is 5.91 Å². The molecule has 1 aromatic rings. The predicted molar refractivity (Wildman–Crippen MR) is 108 cm³/mol. The zero-order valence-electron chi connectivity index (χ0n) is 15.6. The summed E-state index contributed by atoms with van der Waals surface area (Å²) in [6.07, 6.45) is 2.18. The summed E-state index contributed by atoms with van der Waals surface area (Å²) in [7, 11) is -3.72. The summed E-state index contributed by atoms with van der Waals surface area (Å²) in [5, 5.41) is 5.28. The van der Waals surface area contributed by atoms with E-state index in [9.17, 15) is 18.0 Å². The number of nitrogens with zero attached hydrogens (tertiary/aromatic N) is 2. The number of Topliss-reactive ketones (excluding diaryl/α,β-unsaturated/α-hetero) is 1. The highest BCUT2D eigenvalue weighted by Gasteiger charge is 2.33. The third-order valence-corrected chi connectivity index (χ3v) is 7.72. The van der Waals surface area contributed by atoms with Gasteiger partial charge in [0.2, 0.25) is 0 Å². The number of carbonyl (C=O) groups is 2. The minimum atomic E-state index is -3.72. The van der Waals surface area contributed by atoms with Crippen LogP contribution in [-0.2, 0) is 14.6 Å². The number of thioether (sulfide) groups is 1. The van der Waals surface area contributed by atoms with E-state index in [0.29, 0.717) is 36.1 Å². The number of ketones is 1. The van der Waals surface area contributed by atoms with Crippen LogP contribution in [0.3, 0.4) is 0 Å². The van der Waals surface area contributed by atoms with Crippen LogP contribution < -0.4 is 0 Å². The molecule has 27 heavy (non-hydrogen) atoms. The molecule has 0 atom stereocenters. The summed E-state index contributed by atoms with van der Waals surface area (Å²) in [4.78, 5) is 26.0. The van der Waals surface area contributed by atoms with Crippen molar-refractivity contribution in [1.29, 1.82) is 0 Å². The Hall–Kier alpha value is -1.93. The molecule has 0 fully saturated rings. The molecule has 0 unspecified atom stereocenters. The average Bonchev–Trinajstić information content (AvgIpc) is 2.97. The lowest BCUT2D eigenvalue weighted by Gasteiger charge is -2.21. The molecule has 6 nitrogen and oxygen atoms in total. The number of sulfone groups is 1. The van der Waals surface area contributed by atoms with Crippen LogP contribution >= 0.6 is 11.8 Å². The Kier molecular flexibility index (Phi) is 5.58. The van der Waals surface area contributed by atoms with E-state index in [0.717, 1.165) is 10.6 Å². The zero-order valence-corrected chi connectivity index (χ0v) is 17.2. The van der Waals surface area contributed by atoms with Crippen molar-refractivity contribution in [2.45, 2.75) is 38.5 Å². The van der Waals surface area contributed by atoms with Gasteiger partial charge in [-0.2, -0.15) is 5.10 Å². The van der Waals surface area contributed by atoms with Crippen molar-refractivity contribution < 1.29 is 18.0 Å². The van der Waals surface area contributed by atoms with Crippen LogP contribution in [0.15, 0.2) is 27.7 Å². The molecule has 2 aliphatic heterocycles. The molecule has 0 spiro atoms. The molecule has 0 saturated heterocycles. The fourth-order valence-corrected chi connectivity index (χ4v) is 6.24. The Morgan fingerprint density at radius 3 is 2.63 bits per heavy atom. The SMILES string of the molecule is CCCS(=O)(=O)/C(=C1\C=NN(CC)C1=O)c1ccc2c(c1C)C(=O)CCS2. The van der Waals surface area contributed by atoms with Crippen LogP contribution in [-0.4, -0.2) is 49.4 Å². The normalized spacial score (nSPS) is 18.9. The van der Waals surface area contributed by atoms with Gasteiger partial charge < -0.3 is 0 Å². The van der Waals surface area contributed by atoms with Gasteiger partial charge in [-0.15, -0.1) is 11.8 Å². The second-order valence-electron chi connectivity index (χ2n) is 6.46. The predicted octanol–water partition coefficient (Wildman–Crippen LogP) is 3.06. The van der Waals surface area contributed by atoms with Gasteiger partial charge in [-0.25, -0.2) is 13.4 Å². The molecule has 0 saturated carbocycles. The van der Waals surface area contributed by atoms with Gasteiger partial charge in [-0.3, -0.25) is 9.59 Å². The minimum Gasteiger partial charge on any atom is -0.294 e. The van der Waals surface area contributed by atoms with Crippen LogP contribution in [0.5, 0.6) is 0 Å². The quantitative estimate of drug-likeness (QED) is 0.702. The number of benzene rings is 1. The topological polar surface area (TPSA) is 83.9 Å². The van der Waals surface area contributed by atoms with E-state index in [4.69, 9.17) is 0 Å². The number of amides is 1. The molecular formula is C19H22N2O4S2. The van der Waals surface area contributed by atoms with E-state index in [2.05, 4.69) is 5.10 Å². The highest BCUT2D eigenvalue weighted by Crippen LogP contribution is 2.38. The number of hydrazone groups is 1. The molecule has 1 amide bonds. The average molecular weight is 407 g/mol. The molecule has 8 heteroatoms. The van der Waals surface area contributed by atoms with E-state index in [-0.39, 0.29) is 22.0 Å². The Morgan fingerprint density at radius 1 is 1.26 bits per heavy atom. The van der Waals surface area contributed by atoms with Gasteiger partial charge in [0.1, 0.15) is 0 Å². The number of hydrogen-bond donors (Lipinski definition) is 0. The van der Waals surface area contributed by atoms with Gasteiger partial charge >= 0.3 is 0 Å². The van der Waals surface area contributed by atoms with Crippen molar-refractivity contribution in [2.24, 2.45) is 5.10 Å². The molecule has 0 N–H and O–H groups in total. The molecular weight excluding hydrogens is 384 g/mol. The first-order valence-corrected chi connectivity index (χ1v) is 11.6. The molecule has 2 heterocycles. The van der Waals surface area contributed by atoms with Crippen molar-refractivity contribution >= 4 is 44.4 Å². The van der Waals surface area contributed by atoms with Gasteiger partial charge in [-0.1, -0.05) is 13.0 Å². The molecule has 1 aromatic carbocycles. The Labute approximate surface area is 163 Å². The van der Waals surface area contributed by atoms with Gasteiger partial charge in [0.05, 0.1) is 22.4 Å². The van der Waals surface area contributed by atoms with E-state index >= 15 is 0 Å². The number of fused-ring (bicyclic) bond motifs is 1. The first kappa shape index (κ1) is 19.8. The van der Waals surface area contributed by atoms with Crippen LogP contribution in [0.25, 0.3) is 4.91 Å². The van der Waals surface area contributed by atoms with Crippen LogP contribution in [0.4, 0.5) is 0 Å². The monoisotopic (exact) mass is 406 g/mol. The van der Waals surface area contributed by atoms with Gasteiger partial charge in [0, 0.05) is 29.2 Å². The second kappa shape index (κ2) is 7.59. The highest BCUT2D eigenvalue weighted by atomic mass is 32.2. The molecule has 0 radical (unpaired) electrons. The lowest BCUT2D eigenvalue weighted by molar-refractivity contribution is -0.125. The first-order chi connectivity index (χ1) is 12.8. The summed E-state index contributed by atoms with van der Waals surface area (Å²) in [6.45, 7) is 5.67. The van der Waals surface area contributed by atoms with E-state index < -0.39 is 15.7 Å². The molecule has 144 valence electrons. The fourth-order valence-electron chi connectivity index (χ4n) is 3.38. The van der Waals surface area contributed by atoms with E-state index in [1.807, 2.05) is 0 Å². The van der Waals surface area contributed by atoms with Crippen molar-refractivity contribution in [2.75, 3.05) is 18.1 Å². The third-order valence-electron chi connectivity index (χ3n) is 4.66. The first-order valence-electron chi connectivity index (χ1n) is 8.94. The van der Waals surface area contributed by atoms with Crippen molar-refractivity contribution in [1.82, 2.24) is 5.01 Å². The number of carbonyl (C=O) groups excluding carboxylic acids is 2. The number of rotatable bonds is 5. The maximum absolute atomic E-state index is 13.1. The van der Waals surface area contributed by atoms with Crippen LogP contribution in [0.2, 0.25) is 0 Å². The molecule has 0 bridgehead atoms. The summed E-state index contributed by atoms with van der Waals surface area (Å²) in [6, 6.07) is 3.50. The van der Waals surface area contributed by atoms with Crippen molar-refractivity contribution in [3.63, 3.8) is 0 Å². The maximum atomic E-state index is 13.1. The fraction of sp³-hybridized carbons (Fsp3) is 0.421. The summed E-state index contributed by atoms with van der Waals surface area (Å²) in [5.41, 5.74) is 1.68. The van der Waals surface area contributed by atoms with Gasteiger partial charge in [-0.05, 0) is 37.5 Å². The molecule has 0 aromatic heterocycles. The van der Waals surface area contributed by atoms with Crippen LogP contribution in [0, 0.1) is 6.92 Å². The molecule has 2 aliphatic rings. The standard InChI is InChI=1S/C19H22N2O4S2/c1-4-10-27(24,25)18(14-11-20-21(5-2)19(14)23)13-6-7-16-17(12(13)3)15(22)8-9-26-16/h6-7,11H,4-5,8-10H2,1-3H3/b18-14+. The van der Waals surface area contributed by atoms with Gasteiger partial charge in [0.15, 0.2) is 15.6 Å². The smallest absolute Gasteiger partial charge is 0.276 e. The highest BCUT2D eigenvalue weighted by molar-refractivity contribution is 8.00. The number of hydrogen-bond acceptors (Lipinski definition) is 6.